The van der Waals surface area contributed by atoms with E-state index in [4.69, 9.17) is 23.4 Å². The molecule has 1 aromatic rings. The van der Waals surface area contributed by atoms with Crippen LogP contribution in [0.4, 0.5) is 0 Å². The highest BCUT2D eigenvalue weighted by Crippen LogP contribution is 2.40. The van der Waals surface area contributed by atoms with Gasteiger partial charge in [-0.15, -0.1) is 0 Å². The van der Waals surface area contributed by atoms with Gasteiger partial charge in [0.25, 0.3) is 0 Å². The molecule has 188 valence electrons. The monoisotopic (exact) mass is 500 g/mol. The summed E-state index contributed by atoms with van der Waals surface area (Å²) in [7, 11) is -3.94. The van der Waals surface area contributed by atoms with Crippen LogP contribution in [0.2, 0.25) is 18.1 Å². The molecule has 4 atom stereocenters. The van der Waals surface area contributed by atoms with Crippen LogP contribution in [0.25, 0.3) is 0 Å². The molecule has 7 nitrogen and oxygen atoms in total. The molecule has 0 radical (unpaired) electrons. The summed E-state index contributed by atoms with van der Waals surface area (Å²) >= 11 is 0. The minimum Gasteiger partial charge on any atom is -0.496 e. The maximum Gasteiger partial charge on any atom is 0.192 e. The molecule has 2 saturated heterocycles. The van der Waals surface area contributed by atoms with Crippen LogP contribution in [0.15, 0.2) is 18.2 Å². The van der Waals surface area contributed by atoms with Crippen molar-refractivity contribution in [3.63, 3.8) is 0 Å². The van der Waals surface area contributed by atoms with Crippen molar-refractivity contribution in [1.82, 2.24) is 0 Å². The molecule has 0 amide bonds. The average molecular weight is 501 g/mol. The molecule has 9 heteroatoms. The van der Waals surface area contributed by atoms with Gasteiger partial charge in [0.05, 0.1) is 31.3 Å². The van der Waals surface area contributed by atoms with Gasteiger partial charge in [0.15, 0.2) is 23.9 Å². The number of hydrogen-bond donors (Lipinski definition) is 0. The van der Waals surface area contributed by atoms with Crippen LogP contribution in [0.5, 0.6) is 5.75 Å². The number of benzene rings is 1. The zero-order chi connectivity index (χ0) is 24.8. The number of fused-ring (bicyclic) bond motifs is 1. The lowest BCUT2D eigenvalue weighted by Crippen LogP contribution is -2.40. The van der Waals surface area contributed by atoms with E-state index >= 15 is 0 Å². The Hall–Kier alpha value is -0.973. The van der Waals surface area contributed by atoms with Crippen LogP contribution >= 0.6 is 0 Å². The van der Waals surface area contributed by atoms with E-state index in [1.54, 1.807) is 7.11 Å². The second-order valence-electron chi connectivity index (χ2n) is 11.1. The molecule has 3 rings (SSSR count). The van der Waals surface area contributed by atoms with Crippen LogP contribution in [0, 0.1) is 0 Å². The van der Waals surface area contributed by atoms with Crippen LogP contribution in [-0.4, -0.2) is 59.8 Å². The molecular formula is C24H40O7SSi. The molecule has 2 heterocycles. The van der Waals surface area contributed by atoms with Crippen molar-refractivity contribution in [3.05, 3.63) is 29.3 Å². The first kappa shape index (κ1) is 26.6. The van der Waals surface area contributed by atoms with Gasteiger partial charge in [-0.1, -0.05) is 32.9 Å². The molecule has 0 aliphatic carbocycles. The molecule has 0 unspecified atom stereocenters. The van der Waals surface area contributed by atoms with Crippen molar-refractivity contribution in [1.29, 1.82) is 0 Å². The number of methoxy groups -OCH3 is 1. The Morgan fingerprint density at radius 2 is 1.76 bits per heavy atom. The highest BCUT2D eigenvalue weighted by atomic mass is 32.2. The lowest BCUT2D eigenvalue weighted by molar-refractivity contribution is -0.182. The zero-order valence-electron chi connectivity index (χ0n) is 21.4. The first-order valence-electron chi connectivity index (χ1n) is 11.6. The SMILES string of the molecule is COc1cccc(CS(=O)(=O)C[C@H]2O[C@H](C)[C@H]3OC(C)(C)O[C@H]32)c1CO[Si](C)(C)C(C)(C)C. The summed E-state index contributed by atoms with van der Waals surface area (Å²) in [6, 6.07) is 5.50. The van der Waals surface area contributed by atoms with Crippen LogP contribution in [-0.2, 0) is 40.8 Å². The van der Waals surface area contributed by atoms with E-state index in [0.717, 1.165) is 5.56 Å². The third-order valence-corrected chi connectivity index (χ3v) is 13.1. The van der Waals surface area contributed by atoms with Gasteiger partial charge in [-0.2, -0.15) is 0 Å². The fourth-order valence-corrected chi connectivity index (χ4v) is 6.72. The molecular weight excluding hydrogens is 460 g/mol. The highest BCUT2D eigenvalue weighted by Gasteiger charge is 2.54. The molecule has 1 aromatic carbocycles. The van der Waals surface area contributed by atoms with Crippen LogP contribution in [0.1, 0.15) is 52.7 Å². The first-order chi connectivity index (χ1) is 15.1. The maximum absolute atomic E-state index is 13.3. The molecule has 0 bridgehead atoms. The Bertz CT molecular complexity index is 952. The van der Waals surface area contributed by atoms with Crippen molar-refractivity contribution in [2.75, 3.05) is 12.9 Å². The van der Waals surface area contributed by atoms with Crippen molar-refractivity contribution in [2.45, 2.75) is 102 Å². The predicted octanol–water partition coefficient (Wildman–Crippen LogP) is 4.44. The van der Waals surface area contributed by atoms with Gasteiger partial charge in [0.2, 0.25) is 0 Å². The quantitative estimate of drug-likeness (QED) is 0.488. The van der Waals surface area contributed by atoms with Gasteiger partial charge in [0, 0.05) is 5.56 Å². The van der Waals surface area contributed by atoms with Gasteiger partial charge in [-0.05, 0) is 50.5 Å². The largest absolute Gasteiger partial charge is 0.496 e. The van der Waals surface area contributed by atoms with E-state index in [0.29, 0.717) is 17.9 Å². The Labute approximate surface area is 200 Å². The predicted molar refractivity (Wildman–Crippen MR) is 131 cm³/mol. The fourth-order valence-electron chi connectivity index (χ4n) is 4.15. The standard InChI is InChI=1S/C24H40O7SSi/c1-16-21-22(31-24(5,6)30-21)20(29-16)15-32(25,26)14-17-11-10-12-19(27-7)18(17)13-28-33(8,9)23(2,3)4/h10-12,16,20-22H,13-15H2,1-9H3/t16-,20-,21-,22+/m1/s1. The van der Waals surface area contributed by atoms with Gasteiger partial charge >= 0.3 is 0 Å². The minimum absolute atomic E-state index is 0.0471. The van der Waals surface area contributed by atoms with Crippen molar-refractivity contribution < 1.29 is 31.8 Å². The van der Waals surface area contributed by atoms with Crippen LogP contribution < -0.4 is 4.74 Å². The smallest absolute Gasteiger partial charge is 0.192 e. The number of ether oxygens (including phenoxy) is 4. The van der Waals surface area contributed by atoms with Crippen molar-refractivity contribution in [3.8, 4) is 5.75 Å². The summed E-state index contributed by atoms with van der Waals surface area (Å²) < 4.78 is 56.3. The molecule has 2 fully saturated rings. The molecule has 2 aliphatic rings. The van der Waals surface area contributed by atoms with Crippen molar-refractivity contribution in [2.24, 2.45) is 0 Å². The summed E-state index contributed by atoms with van der Waals surface area (Å²) in [5.41, 5.74) is 1.48. The fraction of sp³-hybridized carbons (Fsp3) is 0.750. The lowest BCUT2D eigenvalue weighted by atomic mass is 10.1. The third-order valence-electron chi connectivity index (χ3n) is 7.01. The van der Waals surface area contributed by atoms with Gasteiger partial charge in [0.1, 0.15) is 24.1 Å². The zero-order valence-corrected chi connectivity index (χ0v) is 23.2. The van der Waals surface area contributed by atoms with E-state index in [9.17, 15) is 8.42 Å². The van der Waals surface area contributed by atoms with E-state index in [-0.39, 0.29) is 28.8 Å². The Balaban J connectivity index is 1.78. The van der Waals surface area contributed by atoms with Crippen molar-refractivity contribution >= 4 is 18.2 Å². The molecule has 33 heavy (non-hydrogen) atoms. The molecule has 0 N–H and O–H groups in total. The first-order valence-corrected chi connectivity index (χ1v) is 16.3. The molecule has 0 saturated carbocycles. The summed E-state index contributed by atoms with van der Waals surface area (Å²) in [6.45, 7) is 16.8. The van der Waals surface area contributed by atoms with Crippen LogP contribution in [0.3, 0.4) is 0 Å². The Kier molecular flexibility index (Phi) is 7.45. The van der Waals surface area contributed by atoms with Gasteiger partial charge in [-0.3, -0.25) is 0 Å². The third kappa shape index (κ3) is 6.00. The van der Waals surface area contributed by atoms with E-state index in [1.165, 1.54) is 0 Å². The van der Waals surface area contributed by atoms with Gasteiger partial charge in [-0.25, -0.2) is 8.42 Å². The number of hydrogen-bond acceptors (Lipinski definition) is 7. The van der Waals surface area contributed by atoms with E-state index < -0.39 is 36.1 Å². The maximum atomic E-state index is 13.3. The van der Waals surface area contributed by atoms with E-state index in [2.05, 4.69) is 33.9 Å². The second kappa shape index (κ2) is 9.24. The summed E-state index contributed by atoms with van der Waals surface area (Å²) in [4.78, 5) is 0. The molecule has 2 aliphatic heterocycles. The number of rotatable bonds is 8. The Morgan fingerprint density at radius 1 is 1.12 bits per heavy atom. The molecule has 0 aromatic heterocycles. The second-order valence-corrected chi connectivity index (χ2v) is 18.1. The normalized spacial score (nSPS) is 27.5. The summed E-state index contributed by atoms with van der Waals surface area (Å²) in [5, 5.41) is 0.0471. The summed E-state index contributed by atoms with van der Waals surface area (Å²) in [5.74, 6) is -0.341. The van der Waals surface area contributed by atoms with E-state index in [1.807, 2.05) is 39.0 Å². The highest BCUT2D eigenvalue weighted by molar-refractivity contribution is 7.90. The topological polar surface area (TPSA) is 80.3 Å². The lowest BCUT2D eigenvalue weighted by Gasteiger charge is -2.36. The Morgan fingerprint density at radius 3 is 2.36 bits per heavy atom. The summed E-state index contributed by atoms with van der Waals surface area (Å²) in [6.07, 6.45) is -1.43. The minimum atomic E-state index is -3.51. The molecule has 0 spiro atoms. The number of sulfone groups is 1. The van der Waals surface area contributed by atoms with Gasteiger partial charge < -0.3 is 23.4 Å². The average Bonchev–Trinajstić information content (AvgIpc) is 3.12.